The van der Waals surface area contributed by atoms with Crippen molar-refractivity contribution in [2.24, 2.45) is 0 Å². The Bertz CT molecular complexity index is 575. The minimum Gasteiger partial charge on any atom is -0.480 e. The summed E-state index contributed by atoms with van der Waals surface area (Å²) in [5.41, 5.74) is 2.13. The lowest BCUT2D eigenvalue weighted by Gasteiger charge is -2.03. The predicted octanol–water partition coefficient (Wildman–Crippen LogP) is 1.44. The van der Waals surface area contributed by atoms with Crippen molar-refractivity contribution >= 4 is 5.78 Å². The standard InChI is InChI=1S/C13H16N4O2/c1-4-17-10(7-9(2)16-17)8-12(18)11-5-6-13(19-3)15-14-11/h5-7H,4,8H2,1-3H3. The molecular weight excluding hydrogens is 244 g/mol. The van der Waals surface area contributed by atoms with Gasteiger partial charge in [-0.25, -0.2) is 0 Å². The molecule has 0 N–H and O–H groups in total. The van der Waals surface area contributed by atoms with Crippen LogP contribution in [0.25, 0.3) is 0 Å². The lowest BCUT2D eigenvalue weighted by molar-refractivity contribution is 0.0984. The second-order valence-electron chi connectivity index (χ2n) is 4.15. The van der Waals surface area contributed by atoms with Crippen molar-refractivity contribution < 1.29 is 9.53 Å². The van der Waals surface area contributed by atoms with Crippen LogP contribution in [0.15, 0.2) is 18.2 Å². The van der Waals surface area contributed by atoms with Crippen LogP contribution in [0.1, 0.15) is 28.8 Å². The molecule has 2 aromatic heterocycles. The largest absolute Gasteiger partial charge is 0.480 e. The molecule has 0 bridgehead atoms. The molecule has 2 aromatic rings. The Balaban J connectivity index is 2.15. The van der Waals surface area contributed by atoms with Gasteiger partial charge >= 0.3 is 0 Å². The average molecular weight is 260 g/mol. The van der Waals surface area contributed by atoms with Gasteiger partial charge in [-0.05, 0) is 26.0 Å². The van der Waals surface area contributed by atoms with E-state index in [0.717, 1.165) is 17.9 Å². The fourth-order valence-corrected chi connectivity index (χ4v) is 1.85. The van der Waals surface area contributed by atoms with E-state index in [2.05, 4.69) is 15.3 Å². The molecule has 19 heavy (non-hydrogen) atoms. The van der Waals surface area contributed by atoms with Crippen molar-refractivity contribution in [3.05, 3.63) is 35.3 Å². The Kier molecular flexibility index (Phi) is 3.89. The van der Waals surface area contributed by atoms with Crippen molar-refractivity contribution in [1.82, 2.24) is 20.0 Å². The lowest BCUT2D eigenvalue weighted by atomic mass is 10.1. The van der Waals surface area contributed by atoms with Gasteiger partial charge in [0, 0.05) is 18.3 Å². The molecule has 0 aliphatic rings. The number of Topliss-reactive ketones (excluding diaryl/α,β-unsaturated/α-hetero) is 1. The minimum absolute atomic E-state index is 0.0789. The van der Waals surface area contributed by atoms with Crippen LogP contribution >= 0.6 is 0 Å². The van der Waals surface area contributed by atoms with Gasteiger partial charge in [-0.15, -0.1) is 10.2 Å². The molecule has 0 atom stereocenters. The van der Waals surface area contributed by atoms with Gasteiger partial charge in [0.1, 0.15) is 5.69 Å². The summed E-state index contributed by atoms with van der Waals surface area (Å²) in [6.45, 7) is 4.64. The first-order valence-corrected chi connectivity index (χ1v) is 6.08. The number of hydrogen-bond donors (Lipinski definition) is 0. The number of carbonyl (C=O) groups is 1. The Morgan fingerprint density at radius 3 is 2.74 bits per heavy atom. The van der Waals surface area contributed by atoms with E-state index >= 15 is 0 Å². The molecule has 2 rings (SSSR count). The number of aryl methyl sites for hydroxylation is 2. The van der Waals surface area contributed by atoms with Crippen LogP contribution in [0.2, 0.25) is 0 Å². The van der Waals surface area contributed by atoms with Crippen molar-refractivity contribution in [2.45, 2.75) is 26.8 Å². The van der Waals surface area contributed by atoms with E-state index < -0.39 is 0 Å². The molecule has 6 nitrogen and oxygen atoms in total. The molecule has 0 saturated heterocycles. The summed E-state index contributed by atoms with van der Waals surface area (Å²) < 4.78 is 6.73. The molecule has 0 fully saturated rings. The van der Waals surface area contributed by atoms with E-state index in [1.165, 1.54) is 7.11 Å². The molecule has 0 amide bonds. The topological polar surface area (TPSA) is 69.9 Å². The lowest BCUT2D eigenvalue weighted by Crippen LogP contribution is -2.11. The molecule has 100 valence electrons. The van der Waals surface area contributed by atoms with E-state index in [-0.39, 0.29) is 12.2 Å². The number of aromatic nitrogens is 4. The first-order chi connectivity index (χ1) is 9.13. The highest BCUT2D eigenvalue weighted by Crippen LogP contribution is 2.10. The maximum absolute atomic E-state index is 12.1. The second-order valence-corrected chi connectivity index (χ2v) is 4.15. The third-order valence-electron chi connectivity index (χ3n) is 2.76. The molecule has 0 unspecified atom stereocenters. The molecule has 0 aliphatic heterocycles. The van der Waals surface area contributed by atoms with Crippen LogP contribution in [0.3, 0.4) is 0 Å². The second kappa shape index (κ2) is 5.60. The van der Waals surface area contributed by atoms with Crippen LogP contribution in [-0.2, 0) is 13.0 Å². The van der Waals surface area contributed by atoms with Gasteiger partial charge in [0.05, 0.1) is 19.2 Å². The number of ether oxygens (including phenoxy) is 1. The Hall–Kier alpha value is -2.24. The van der Waals surface area contributed by atoms with Gasteiger partial charge in [0.15, 0.2) is 5.78 Å². The van der Waals surface area contributed by atoms with E-state index in [1.54, 1.807) is 12.1 Å². The Morgan fingerprint density at radius 2 is 2.16 bits per heavy atom. The minimum atomic E-state index is -0.0789. The molecule has 0 aliphatic carbocycles. The Morgan fingerprint density at radius 1 is 1.37 bits per heavy atom. The van der Waals surface area contributed by atoms with Crippen molar-refractivity contribution in [1.29, 1.82) is 0 Å². The van der Waals surface area contributed by atoms with Crippen LogP contribution in [-0.4, -0.2) is 32.9 Å². The van der Waals surface area contributed by atoms with Gasteiger partial charge in [-0.2, -0.15) is 5.10 Å². The third kappa shape index (κ3) is 2.96. The maximum atomic E-state index is 12.1. The Labute approximate surface area is 111 Å². The van der Waals surface area contributed by atoms with Gasteiger partial charge < -0.3 is 4.74 Å². The number of carbonyl (C=O) groups excluding carboxylic acids is 1. The SMILES string of the molecule is CCn1nc(C)cc1CC(=O)c1ccc(OC)nn1. The van der Waals surface area contributed by atoms with Crippen molar-refractivity contribution in [3.63, 3.8) is 0 Å². The number of hydrogen-bond acceptors (Lipinski definition) is 5. The molecule has 0 radical (unpaired) electrons. The van der Waals surface area contributed by atoms with E-state index in [4.69, 9.17) is 4.74 Å². The number of ketones is 1. The van der Waals surface area contributed by atoms with Gasteiger partial charge in [0.25, 0.3) is 0 Å². The molecule has 0 aromatic carbocycles. The van der Waals surface area contributed by atoms with Crippen LogP contribution < -0.4 is 4.74 Å². The van der Waals surface area contributed by atoms with Crippen LogP contribution in [0, 0.1) is 6.92 Å². The average Bonchev–Trinajstić information content (AvgIpc) is 2.78. The number of rotatable bonds is 5. The summed E-state index contributed by atoms with van der Waals surface area (Å²) in [4.78, 5) is 12.1. The fourth-order valence-electron chi connectivity index (χ4n) is 1.85. The van der Waals surface area contributed by atoms with Crippen LogP contribution in [0.4, 0.5) is 0 Å². The molecule has 2 heterocycles. The summed E-state index contributed by atoms with van der Waals surface area (Å²) in [6.07, 6.45) is 0.274. The van der Waals surface area contributed by atoms with Gasteiger partial charge in [-0.3, -0.25) is 9.48 Å². The fraction of sp³-hybridized carbons (Fsp3) is 0.385. The molecule has 0 spiro atoms. The quantitative estimate of drug-likeness (QED) is 0.761. The van der Waals surface area contributed by atoms with Crippen molar-refractivity contribution in [3.8, 4) is 5.88 Å². The summed E-state index contributed by atoms with van der Waals surface area (Å²) in [7, 11) is 1.51. The zero-order valence-electron chi connectivity index (χ0n) is 11.3. The van der Waals surface area contributed by atoms with Crippen molar-refractivity contribution in [2.75, 3.05) is 7.11 Å². The first-order valence-electron chi connectivity index (χ1n) is 6.08. The molecule has 0 saturated carbocycles. The normalized spacial score (nSPS) is 10.5. The van der Waals surface area contributed by atoms with Crippen LogP contribution in [0.5, 0.6) is 5.88 Å². The molecular formula is C13H16N4O2. The first kappa shape index (κ1) is 13.2. The maximum Gasteiger partial charge on any atom is 0.233 e. The van der Waals surface area contributed by atoms with E-state index in [9.17, 15) is 4.79 Å². The smallest absolute Gasteiger partial charge is 0.233 e. The summed E-state index contributed by atoms with van der Waals surface area (Å²) in [6, 6.07) is 5.16. The zero-order valence-corrected chi connectivity index (χ0v) is 11.3. The van der Waals surface area contributed by atoms with Gasteiger partial charge in [-0.1, -0.05) is 0 Å². The summed E-state index contributed by atoms with van der Waals surface area (Å²) in [5.74, 6) is 0.316. The van der Waals surface area contributed by atoms with E-state index in [0.29, 0.717) is 11.6 Å². The highest BCUT2D eigenvalue weighted by atomic mass is 16.5. The van der Waals surface area contributed by atoms with Gasteiger partial charge in [0.2, 0.25) is 5.88 Å². The molecule has 6 heteroatoms. The third-order valence-corrected chi connectivity index (χ3v) is 2.76. The summed E-state index contributed by atoms with van der Waals surface area (Å²) >= 11 is 0. The zero-order chi connectivity index (χ0) is 13.8. The summed E-state index contributed by atoms with van der Waals surface area (Å²) in [5, 5.41) is 12.0. The highest BCUT2D eigenvalue weighted by molar-refractivity contribution is 5.95. The van der Waals surface area contributed by atoms with E-state index in [1.807, 2.05) is 24.6 Å². The number of methoxy groups -OCH3 is 1. The monoisotopic (exact) mass is 260 g/mol. The predicted molar refractivity (Wildman–Crippen MR) is 69.3 cm³/mol. The number of nitrogens with zero attached hydrogens (tertiary/aromatic N) is 4. The highest BCUT2D eigenvalue weighted by Gasteiger charge is 2.13.